The van der Waals surface area contributed by atoms with Gasteiger partial charge in [0.1, 0.15) is 11.6 Å². The van der Waals surface area contributed by atoms with Crippen LogP contribution in [-0.4, -0.2) is 6.04 Å². The number of anilines is 2. The molecule has 0 bridgehead atoms. The van der Waals surface area contributed by atoms with Crippen molar-refractivity contribution in [2.45, 2.75) is 19.4 Å². The molecule has 2 aromatic rings. The zero-order valence-corrected chi connectivity index (χ0v) is 11.7. The minimum absolute atomic E-state index is 0.000706. The number of hydrogen-bond donors (Lipinski definition) is 2. The third-order valence-corrected chi connectivity index (χ3v) is 3.24. The Bertz CT molecular complexity index is 600. The number of benzene rings is 2. The van der Waals surface area contributed by atoms with Crippen molar-refractivity contribution in [3.05, 3.63) is 58.6 Å². The Morgan fingerprint density at radius 2 is 1.85 bits per heavy atom. The van der Waals surface area contributed by atoms with Crippen molar-refractivity contribution in [3.63, 3.8) is 0 Å². The van der Waals surface area contributed by atoms with Crippen LogP contribution < -0.4 is 11.1 Å². The Labute approximate surface area is 121 Å². The standard InChI is InChI=1S/C15H15ClF2N2/c1-9(6-10-2-4-11(17)5-3-10)20-15-8-13(18)12(16)7-14(15)19/h2-5,7-9,20H,6,19H2,1H3. The molecule has 0 spiro atoms. The average molecular weight is 297 g/mol. The summed E-state index contributed by atoms with van der Waals surface area (Å²) in [4.78, 5) is 0. The van der Waals surface area contributed by atoms with E-state index in [0.29, 0.717) is 17.8 Å². The summed E-state index contributed by atoms with van der Waals surface area (Å²) in [6.07, 6.45) is 0.671. The van der Waals surface area contributed by atoms with E-state index in [4.69, 9.17) is 17.3 Å². The normalized spacial score (nSPS) is 12.2. The molecule has 0 heterocycles. The largest absolute Gasteiger partial charge is 0.397 e. The number of nitrogen functional groups attached to an aromatic ring is 1. The third-order valence-electron chi connectivity index (χ3n) is 2.95. The second kappa shape index (κ2) is 6.09. The molecule has 0 fully saturated rings. The Hall–Kier alpha value is -1.81. The van der Waals surface area contributed by atoms with E-state index in [-0.39, 0.29) is 16.9 Å². The quantitative estimate of drug-likeness (QED) is 0.828. The first-order valence-electron chi connectivity index (χ1n) is 6.21. The second-order valence-corrected chi connectivity index (χ2v) is 5.14. The highest BCUT2D eigenvalue weighted by molar-refractivity contribution is 6.31. The van der Waals surface area contributed by atoms with Gasteiger partial charge in [0.15, 0.2) is 0 Å². The molecular weight excluding hydrogens is 282 g/mol. The van der Waals surface area contributed by atoms with Gasteiger partial charge in [-0.05, 0) is 37.1 Å². The monoisotopic (exact) mass is 296 g/mol. The van der Waals surface area contributed by atoms with Crippen LogP contribution in [0.3, 0.4) is 0 Å². The second-order valence-electron chi connectivity index (χ2n) is 4.73. The summed E-state index contributed by atoms with van der Waals surface area (Å²) in [5.41, 5.74) is 7.67. The molecule has 5 heteroatoms. The van der Waals surface area contributed by atoms with Crippen molar-refractivity contribution in [2.75, 3.05) is 11.1 Å². The lowest BCUT2D eigenvalue weighted by atomic mass is 10.1. The van der Waals surface area contributed by atoms with E-state index in [2.05, 4.69) is 5.32 Å². The lowest BCUT2D eigenvalue weighted by molar-refractivity contribution is 0.625. The molecule has 20 heavy (non-hydrogen) atoms. The van der Waals surface area contributed by atoms with Gasteiger partial charge in [-0.15, -0.1) is 0 Å². The lowest BCUT2D eigenvalue weighted by Gasteiger charge is -2.17. The summed E-state index contributed by atoms with van der Waals surface area (Å²) in [5, 5.41) is 3.12. The first kappa shape index (κ1) is 14.6. The smallest absolute Gasteiger partial charge is 0.143 e. The molecule has 1 atom stereocenters. The number of nitrogens with one attached hydrogen (secondary N) is 1. The molecule has 0 aliphatic rings. The summed E-state index contributed by atoms with van der Waals surface area (Å²) in [6.45, 7) is 1.94. The van der Waals surface area contributed by atoms with E-state index in [1.54, 1.807) is 12.1 Å². The van der Waals surface area contributed by atoms with Crippen LogP contribution in [0.5, 0.6) is 0 Å². The molecule has 0 amide bonds. The molecule has 2 rings (SSSR count). The van der Waals surface area contributed by atoms with E-state index >= 15 is 0 Å². The van der Waals surface area contributed by atoms with Gasteiger partial charge >= 0.3 is 0 Å². The van der Waals surface area contributed by atoms with Crippen LogP contribution in [0.25, 0.3) is 0 Å². The van der Waals surface area contributed by atoms with Crippen molar-refractivity contribution >= 4 is 23.0 Å². The number of nitrogens with two attached hydrogens (primary N) is 1. The Morgan fingerprint density at radius 1 is 1.20 bits per heavy atom. The zero-order chi connectivity index (χ0) is 14.7. The Balaban J connectivity index is 2.06. The maximum absolute atomic E-state index is 13.4. The maximum atomic E-state index is 13.4. The zero-order valence-electron chi connectivity index (χ0n) is 11.0. The van der Waals surface area contributed by atoms with Gasteiger partial charge in [0, 0.05) is 12.1 Å². The molecule has 0 radical (unpaired) electrons. The number of hydrogen-bond acceptors (Lipinski definition) is 2. The lowest BCUT2D eigenvalue weighted by Crippen LogP contribution is -2.19. The minimum Gasteiger partial charge on any atom is -0.397 e. The Morgan fingerprint density at radius 3 is 2.50 bits per heavy atom. The minimum atomic E-state index is -0.516. The van der Waals surface area contributed by atoms with Crippen LogP contribution in [0, 0.1) is 11.6 Å². The van der Waals surface area contributed by atoms with Gasteiger partial charge in [-0.2, -0.15) is 0 Å². The van der Waals surface area contributed by atoms with Crippen molar-refractivity contribution in [2.24, 2.45) is 0 Å². The molecule has 2 nitrogen and oxygen atoms in total. The average Bonchev–Trinajstić information content (AvgIpc) is 2.39. The van der Waals surface area contributed by atoms with Crippen molar-refractivity contribution in [3.8, 4) is 0 Å². The highest BCUT2D eigenvalue weighted by Crippen LogP contribution is 2.27. The molecule has 0 saturated carbocycles. The summed E-state index contributed by atoms with van der Waals surface area (Å²) in [5.74, 6) is -0.782. The fraction of sp³-hybridized carbons (Fsp3) is 0.200. The molecule has 0 saturated heterocycles. The van der Waals surface area contributed by atoms with Crippen molar-refractivity contribution < 1.29 is 8.78 Å². The fourth-order valence-electron chi connectivity index (χ4n) is 1.98. The van der Waals surface area contributed by atoms with E-state index < -0.39 is 5.82 Å². The van der Waals surface area contributed by atoms with Crippen LogP contribution in [0.1, 0.15) is 12.5 Å². The maximum Gasteiger partial charge on any atom is 0.143 e. The number of rotatable bonds is 4. The fourth-order valence-corrected chi connectivity index (χ4v) is 2.15. The van der Waals surface area contributed by atoms with Gasteiger partial charge in [-0.3, -0.25) is 0 Å². The first-order chi connectivity index (χ1) is 9.45. The first-order valence-corrected chi connectivity index (χ1v) is 6.59. The molecule has 2 aromatic carbocycles. The van der Waals surface area contributed by atoms with Crippen LogP contribution >= 0.6 is 11.6 Å². The summed E-state index contributed by atoms with van der Waals surface area (Å²) in [7, 11) is 0. The highest BCUT2D eigenvalue weighted by Gasteiger charge is 2.09. The highest BCUT2D eigenvalue weighted by atomic mass is 35.5. The molecule has 0 aliphatic heterocycles. The van der Waals surface area contributed by atoms with E-state index in [0.717, 1.165) is 5.56 Å². The predicted octanol–water partition coefficient (Wildman–Crippen LogP) is 4.24. The summed E-state index contributed by atoms with van der Waals surface area (Å²) >= 11 is 5.65. The predicted molar refractivity (Wildman–Crippen MR) is 79.0 cm³/mol. The van der Waals surface area contributed by atoms with Gasteiger partial charge in [-0.1, -0.05) is 23.7 Å². The molecule has 0 aromatic heterocycles. The van der Waals surface area contributed by atoms with Crippen LogP contribution in [0.4, 0.5) is 20.2 Å². The third kappa shape index (κ3) is 3.61. The van der Waals surface area contributed by atoms with E-state index in [9.17, 15) is 8.78 Å². The van der Waals surface area contributed by atoms with Gasteiger partial charge in [0.2, 0.25) is 0 Å². The molecular formula is C15H15ClF2N2. The van der Waals surface area contributed by atoms with Gasteiger partial charge in [0.05, 0.1) is 16.4 Å². The summed E-state index contributed by atoms with van der Waals surface area (Å²) < 4.78 is 26.2. The summed E-state index contributed by atoms with van der Waals surface area (Å²) in [6, 6.07) is 8.95. The molecule has 1 unspecified atom stereocenters. The van der Waals surface area contributed by atoms with Gasteiger partial charge in [-0.25, -0.2) is 8.78 Å². The topological polar surface area (TPSA) is 38.0 Å². The Kier molecular flexibility index (Phi) is 4.45. The number of halogens is 3. The SMILES string of the molecule is CC(Cc1ccc(F)cc1)Nc1cc(F)c(Cl)cc1N. The van der Waals surface area contributed by atoms with Crippen LogP contribution in [0.15, 0.2) is 36.4 Å². The van der Waals surface area contributed by atoms with E-state index in [1.807, 2.05) is 6.92 Å². The van der Waals surface area contributed by atoms with Crippen molar-refractivity contribution in [1.29, 1.82) is 0 Å². The van der Waals surface area contributed by atoms with Crippen molar-refractivity contribution in [1.82, 2.24) is 0 Å². The van der Waals surface area contributed by atoms with Gasteiger partial charge < -0.3 is 11.1 Å². The van der Waals surface area contributed by atoms with E-state index in [1.165, 1.54) is 24.3 Å². The molecule has 3 N–H and O–H groups in total. The van der Waals surface area contributed by atoms with Gasteiger partial charge in [0.25, 0.3) is 0 Å². The van der Waals surface area contributed by atoms with Crippen LogP contribution in [-0.2, 0) is 6.42 Å². The van der Waals surface area contributed by atoms with Crippen LogP contribution in [0.2, 0.25) is 5.02 Å². The molecule has 106 valence electrons. The molecule has 0 aliphatic carbocycles.